The van der Waals surface area contributed by atoms with Crippen molar-refractivity contribution < 1.29 is 13.7 Å². The van der Waals surface area contributed by atoms with Crippen LogP contribution in [0.25, 0.3) is 11.4 Å². The van der Waals surface area contributed by atoms with Gasteiger partial charge < -0.3 is 9.84 Å². The number of carbonyl (C=O) groups excluding carboxylic acids is 1. The van der Waals surface area contributed by atoms with Crippen molar-refractivity contribution in [2.45, 2.75) is 19.8 Å². The number of aryl methyl sites for hydroxylation is 2. The molecule has 25 heavy (non-hydrogen) atoms. The number of benzene rings is 2. The van der Waals surface area contributed by atoms with Gasteiger partial charge in [0.1, 0.15) is 5.82 Å². The van der Waals surface area contributed by atoms with Gasteiger partial charge in [-0.15, -0.1) is 0 Å². The first-order chi connectivity index (χ1) is 12.0. The summed E-state index contributed by atoms with van der Waals surface area (Å²) in [5.41, 5.74) is 2.23. The Bertz CT molecular complexity index is 894. The molecular formula is C18H15ClFN3O2. The molecule has 128 valence electrons. The van der Waals surface area contributed by atoms with Crippen LogP contribution in [0.1, 0.15) is 17.9 Å². The lowest BCUT2D eigenvalue weighted by molar-refractivity contribution is -0.116. The Balaban J connectivity index is 1.57. The maximum atomic E-state index is 12.9. The first kappa shape index (κ1) is 17.1. The first-order valence-electron chi connectivity index (χ1n) is 7.66. The third kappa shape index (κ3) is 4.42. The first-order valence-corrected chi connectivity index (χ1v) is 8.03. The molecule has 0 saturated heterocycles. The maximum absolute atomic E-state index is 12.9. The van der Waals surface area contributed by atoms with E-state index in [-0.39, 0.29) is 18.1 Å². The average molecular weight is 360 g/mol. The van der Waals surface area contributed by atoms with Crippen LogP contribution in [0, 0.1) is 12.7 Å². The van der Waals surface area contributed by atoms with Crippen molar-refractivity contribution >= 4 is 23.2 Å². The number of aromatic nitrogens is 2. The quantitative estimate of drug-likeness (QED) is 0.732. The van der Waals surface area contributed by atoms with E-state index in [4.69, 9.17) is 16.1 Å². The molecule has 0 radical (unpaired) electrons. The van der Waals surface area contributed by atoms with Crippen molar-refractivity contribution in [3.05, 3.63) is 64.8 Å². The van der Waals surface area contributed by atoms with Crippen molar-refractivity contribution in [1.29, 1.82) is 0 Å². The summed E-state index contributed by atoms with van der Waals surface area (Å²) in [5.74, 6) is 0.193. The van der Waals surface area contributed by atoms with Gasteiger partial charge in [-0.2, -0.15) is 4.98 Å². The summed E-state index contributed by atoms with van der Waals surface area (Å²) in [6.07, 6.45) is 0.496. The molecule has 0 aliphatic heterocycles. The second kappa shape index (κ2) is 7.44. The molecule has 0 spiro atoms. The molecule has 2 aromatic carbocycles. The molecular weight excluding hydrogens is 345 g/mol. The minimum Gasteiger partial charge on any atom is -0.339 e. The van der Waals surface area contributed by atoms with Gasteiger partial charge in [0.25, 0.3) is 0 Å². The minimum atomic E-state index is -0.333. The van der Waals surface area contributed by atoms with Crippen LogP contribution < -0.4 is 5.32 Å². The SMILES string of the molecule is Cc1ccc(NC(=O)CCc2nc(-c3ccc(F)cc3)no2)cc1Cl. The second-order valence-electron chi connectivity index (χ2n) is 5.53. The van der Waals surface area contributed by atoms with Gasteiger partial charge >= 0.3 is 0 Å². The van der Waals surface area contributed by atoms with E-state index in [9.17, 15) is 9.18 Å². The third-order valence-electron chi connectivity index (χ3n) is 3.59. The monoisotopic (exact) mass is 359 g/mol. The predicted molar refractivity (Wildman–Crippen MR) is 92.8 cm³/mol. The van der Waals surface area contributed by atoms with Gasteiger partial charge in [-0.05, 0) is 48.9 Å². The Kier molecular flexibility index (Phi) is 5.09. The van der Waals surface area contributed by atoms with Gasteiger partial charge in [0.05, 0.1) is 0 Å². The summed E-state index contributed by atoms with van der Waals surface area (Å²) < 4.78 is 18.1. The van der Waals surface area contributed by atoms with Gasteiger partial charge in [0, 0.05) is 29.1 Å². The Hall–Kier alpha value is -2.73. The molecule has 1 N–H and O–H groups in total. The molecule has 3 rings (SSSR count). The van der Waals surface area contributed by atoms with E-state index >= 15 is 0 Å². The Labute approximate surface area is 148 Å². The summed E-state index contributed by atoms with van der Waals surface area (Å²) in [6.45, 7) is 1.89. The van der Waals surface area contributed by atoms with E-state index in [1.165, 1.54) is 12.1 Å². The summed E-state index contributed by atoms with van der Waals surface area (Å²) in [4.78, 5) is 16.2. The molecule has 0 fully saturated rings. The van der Waals surface area contributed by atoms with E-state index in [1.54, 1.807) is 24.3 Å². The number of anilines is 1. The zero-order valence-corrected chi connectivity index (χ0v) is 14.2. The molecule has 1 aromatic heterocycles. The van der Waals surface area contributed by atoms with Crippen LogP contribution in [-0.4, -0.2) is 16.0 Å². The Morgan fingerprint density at radius 2 is 2.00 bits per heavy atom. The highest BCUT2D eigenvalue weighted by atomic mass is 35.5. The van der Waals surface area contributed by atoms with Gasteiger partial charge in [0.2, 0.25) is 17.6 Å². The number of amides is 1. The standard InChI is InChI=1S/C18H15ClFN3O2/c1-11-2-7-14(10-15(11)19)21-16(24)8-9-17-22-18(23-25-17)12-3-5-13(20)6-4-12/h2-7,10H,8-9H2,1H3,(H,21,24). The molecule has 3 aromatic rings. The second-order valence-corrected chi connectivity index (χ2v) is 5.94. The van der Waals surface area contributed by atoms with Crippen LogP contribution >= 0.6 is 11.6 Å². The highest BCUT2D eigenvalue weighted by Gasteiger charge is 2.11. The molecule has 1 amide bonds. The van der Waals surface area contributed by atoms with E-state index in [1.807, 2.05) is 13.0 Å². The van der Waals surface area contributed by atoms with Crippen molar-refractivity contribution in [1.82, 2.24) is 10.1 Å². The van der Waals surface area contributed by atoms with Gasteiger partial charge in [0.15, 0.2) is 0 Å². The molecule has 0 aliphatic carbocycles. The molecule has 0 bridgehead atoms. The molecule has 0 atom stereocenters. The third-order valence-corrected chi connectivity index (χ3v) is 4.00. The number of carbonyl (C=O) groups is 1. The van der Waals surface area contributed by atoms with Gasteiger partial charge in [-0.3, -0.25) is 4.79 Å². The molecule has 0 saturated carbocycles. The summed E-state index contributed by atoms with van der Waals surface area (Å²) >= 11 is 6.03. The summed E-state index contributed by atoms with van der Waals surface area (Å²) in [5, 5.41) is 7.21. The zero-order valence-electron chi connectivity index (χ0n) is 13.4. The van der Waals surface area contributed by atoms with Gasteiger partial charge in [-0.1, -0.05) is 22.8 Å². The Morgan fingerprint density at radius 1 is 1.24 bits per heavy atom. The van der Waals surface area contributed by atoms with Crippen LogP contribution in [0.3, 0.4) is 0 Å². The minimum absolute atomic E-state index is 0.179. The number of hydrogen-bond donors (Lipinski definition) is 1. The van der Waals surface area contributed by atoms with Crippen LogP contribution in [0.5, 0.6) is 0 Å². The largest absolute Gasteiger partial charge is 0.339 e. The van der Waals surface area contributed by atoms with Crippen molar-refractivity contribution in [2.75, 3.05) is 5.32 Å². The molecule has 0 aliphatic rings. The highest BCUT2D eigenvalue weighted by Crippen LogP contribution is 2.20. The Morgan fingerprint density at radius 3 is 2.72 bits per heavy atom. The van der Waals surface area contributed by atoms with E-state index in [2.05, 4.69) is 15.5 Å². The van der Waals surface area contributed by atoms with Crippen LogP contribution in [-0.2, 0) is 11.2 Å². The van der Waals surface area contributed by atoms with Crippen molar-refractivity contribution in [3.63, 3.8) is 0 Å². The fourth-order valence-corrected chi connectivity index (χ4v) is 2.37. The lowest BCUT2D eigenvalue weighted by Gasteiger charge is -2.06. The summed E-state index contributed by atoms with van der Waals surface area (Å²) in [7, 11) is 0. The van der Waals surface area contributed by atoms with E-state index < -0.39 is 0 Å². The van der Waals surface area contributed by atoms with Crippen molar-refractivity contribution in [3.8, 4) is 11.4 Å². The fourth-order valence-electron chi connectivity index (χ4n) is 2.19. The number of nitrogens with zero attached hydrogens (tertiary/aromatic N) is 2. The molecule has 0 unspecified atom stereocenters. The van der Waals surface area contributed by atoms with E-state index in [0.29, 0.717) is 34.4 Å². The molecule has 1 heterocycles. The average Bonchev–Trinajstić information content (AvgIpc) is 3.06. The lowest BCUT2D eigenvalue weighted by atomic mass is 10.2. The van der Waals surface area contributed by atoms with Crippen LogP contribution in [0.15, 0.2) is 47.0 Å². The number of rotatable bonds is 5. The highest BCUT2D eigenvalue weighted by molar-refractivity contribution is 6.31. The normalized spacial score (nSPS) is 10.7. The smallest absolute Gasteiger partial charge is 0.227 e. The predicted octanol–water partition coefficient (Wildman–Crippen LogP) is 4.41. The zero-order chi connectivity index (χ0) is 17.8. The van der Waals surface area contributed by atoms with Crippen molar-refractivity contribution in [2.24, 2.45) is 0 Å². The maximum Gasteiger partial charge on any atom is 0.227 e. The number of halogens is 2. The topological polar surface area (TPSA) is 68.0 Å². The lowest BCUT2D eigenvalue weighted by Crippen LogP contribution is -2.12. The molecule has 7 heteroatoms. The van der Waals surface area contributed by atoms with Crippen LogP contribution in [0.4, 0.5) is 10.1 Å². The summed E-state index contributed by atoms with van der Waals surface area (Å²) in [6, 6.07) is 11.1. The van der Waals surface area contributed by atoms with Crippen LogP contribution in [0.2, 0.25) is 5.02 Å². The number of hydrogen-bond acceptors (Lipinski definition) is 4. The fraction of sp³-hybridized carbons (Fsp3) is 0.167. The van der Waals surface area contributed by atoms with E-state index in [0.717, 1.165) is 5.56 Å². The number of nitrogens with one attached hydrogen (secondary N) is 1. The molecule has 5 nitrogen and oxygen atoms in total. The van der Waals surface area contributed by atoms with Gasteiger partial charge in [-0.25, -0.2) is 4.39 Å².